The number of aromatic nitrogens is 1. The van der Waals surface area contributed by atoms with Crippen molar-refractivity contribution in [1.29, 1.82) is 0 Å². The van der Waals surface area contributed by atoms with E-state index in [2.05, 4.69) is 0 Å². The molecule has 0 saturated carbocycles. The predicted molar refractivity (Wildman–Crippen MR) is 85.4 cm³/mol. The number of nitrogens with two attached hydrogens (primary N) is 1. The van der Waals surface area contributed by atoms with Crippen LogP contribution < -0.4 is 5.73 Å². The van der Waals surface area contributed by atoms with Gasteiger partial charge in [-0.25, -0.2) is 0 Å². The maximum absolute atomic E-state index is 12.6. The van der Waals surface area contributed by atoms with E-state index in [1.165, 1.54) is 0 Å². The minimum Gasteiger partial charge on any atom is -0.320 e. The largest absolute Gasteiger partial charge is 0.320 e. The van der Waals surface area contributed by atoms with Gasteiger partial charge in [0, 0.05) is 11.6 Å². The lowest BCUT2D eigenvalue weighted by Gasteiger charge is -2.12. The number of fused-ring (bicyclic) bond motifs is 1. The van der Waals surface area contributed by atoms with Crippen LogP contribution >= 0.6 is 0 Å². The summed E-state index contributed by atoms with van der Waals surface area (Å²) in [6.45, 7) is 2.01. The molecule has 0 aliphatic carbocycles. The van der Waals surface area contributed by atoms with Crippen molar-refractivity contribution < 1.29 is 4.79 Å². The van der Waals surface area contributed by atoms with Gasteiger partial charge in [-0.15, -0.1) is 0 Å². The number of para-hydroxylation sites is 1. The van der Waals surface area contributed by atoms with Gasteiger partial charge in [0.05, 0.1) is 11.6 Å². The molecule has 0 aliphatic heterocycles. The van der Waals surface area contributed by atoms with Crippen molar-refractivity contribution >= 4 is 16.8 Å². The van der Waals surface area contributed by atoms with Crippen molar-refractivity contribution in [2.45, 2.75) is 19.4 Å². The summed E-state index contributed by atoms with van der Waals surface area (Å²) >= 11 is 0. The van der Waals surface area contributed by atoms with E-state index in [9.17, 15) is 4.79 Å². The van der Waals surface area contributed by atoms with Crippen molar-refractivity contribution in [3.8, 4) is 0 Å². The zero-order chi connectivity index (χ0) is 14.8. The van der Waals surface area contributed by atoms with E-state index in [-0.39, 0.29) is 5.91 Å². The summed E-state index contributed by atoms with van der Waals surface area (Å²) in [5, 5.41) is 1.10. The van der Waals surface area contributed by atoms with Gasteiger partial charge in [0.15, 0.2) is 0 Å². The molecule has 3 aromatic rings. The first-order valence-corrected chi connectivity index (χ1v) is 7.07. The third-order valence-electron chi connectivity index (χ3n) is 3.76. The molecule has 1 unspecified atom stereocenters. The molecule has 3 rings (SSSR count). The van der Waals surface area contributed by atoms with Crippen LogP contribution in [0.2, 0.25) is 0 Å². The highest BCUT2D eigenvalue weighted by Gasteiger charge is 2.18. The lowest BCUT2D eigenvalue weighted by Crippen LogP contribution is -2.36. The van der Waals surface area contributed by atoms with Gasteiger partial charge in [-0.3, -0.25) is 9.36 Å². The molecule has 1 heterocycles. The van der Waals surface area contributed by atoms with Crippen LogP contribution in [-0.4, -0.2) is 16.5 Å². The molecule has 0 saturated heterocycles. The Morgan fingerprint density at radius 1 is 1.10 bits per heavy atom. The van der Waals surface area contributed by atoms with Crippen LogP contribution in [-0.2, 0) is 6.42 Å². The van der Waals surface area contributed by atoms with Gasteiger partial charge < -0.3 is 5.73 Å². The average molecular weight is 278 g/mol. The Morgan fingerprint density at radius 2 is 1.76 bits per heavy atom. The first-order valence-electron chi connectivity index (χ1n) is 7.07. The molecule has 0 bridgehead atoms. The molecule has 0 amide bonds. The summed E-state index contributed by atoms with van der Waals surface area (Å²) in [5.41, 5.74) is 9.20. The van der Waals surface area contributed by atoms with Gasteiger partial charge in [-0.05, 0) is 30.5 Å². The fourth-order valence-electron chi connectivity index (χ4n) is 2.67. The summed E-state index contributed by atoms with van der Waals surface area (Å²) in [4.78, 5) is 12.6. The number of hydrogen-bond acceptors (Lipinski definition) is 2. The van der Waals surface area contributed by atoms with Gasteiger partial charge in [0.25, 0.3) is 0 Å². The van der Waals surface area contributed by atoms with E-state index in [1.807, 2.05) is 67.7 Å². The first kappa shape index (κ1) is 13.6. The number of nitrogens with zero attached hydrogens (tertiary/aromatic N) is 1. The van der Waals surface area contributed by atoms with Crippen LogP contribution in [0.4, 0.5) is 0 Å². The Morgan fingerprint density at radius 3 is 2.52 bits per heavy atom. The molecule has 1 aromatic heterocycles. The SMILES string of the molecule is Cc1cn(C(=O)C(N)Cc2ccccc2)c2ccccc12. The van der Waals surface area contributed by atoms with Crippen LogP contribution in [0.1, 0.15) is 15.9 Å². The highest BCUT2D eigenvalue weighted by atomic mass is 16.2. The van der Waals surface area contributed by atoms with Gasteiger partial charge in [0.1, 0.15) is 0 Å². The molecule has 0 spiro atoms. The van der Waals surface area contributed by atoms with Crippen molar-refractivity contribution in [2.75, 3.05) is 0 Å². The molecule has 21 heavy (non-hydrogen) atoms. The minimum absolute atomic E-state index is 0.0665. The van der Waals surface area contributed by atoms with Crippen LogP contribution in [0.5, 0.6) is 0 Å². The summed E-state index contributed by atoms with van der Waals surface area (Å²) in [6, 6.07) is 17.2. The summed E-state index contributed by atoms with van der Waals surface area (Å²) in [5.74, 6) is -0.0665. The summed E-state index contributed by atoms with van der Waals surface area (Å²) in [6.07, 6.45) is 2.42. The summed E-state index contributed by atoms with van der Waals surface area (Å²) in [7, 11) is 0. The number of rotatable bonds is 3. The van der Waals surface area contributed by atoms with Crippen molar-refractivity contribution in [3.63, 3.8) is 0 Å². The maximum Gasteiger partial charge on any atom is 0.248 e. The molecule has 3 heteroatoms. The fourth-order valence-corrected chi connectivity index (χ4v) is 2.67. The van der Waals surface area contributed by atoms with Crippen LogP contribution in [0.15, 0.2) is 60.8 Å². The molecule has 106 valence electrons. The quantitative estimate of drug-likeness (QED) is 0.800. The Kier molecular flexibility index (Phi) is 3.59. The van der Waals surface area contributed by atoms with Gasteiger partial charge in [-0.2, -0.15) is 0 Å². The lowest BCUT2D eigenvalue weighted by atomic mass is 10.1. The Balaban J connectivity index is 1.90. The van der Waals surface area contributed by atoms with Crippen molar-refractivity contribution in [3.05, 3.63) is 71.9 Å². The highest BCUT2D eigenvalue weighted by molar-refractivity contribution is 5.96. The smallest absolute Gasteiger partial charge is 0.248 e. The number of carbonyl (C=O) groups excluding carboxylic acids is 1. The third-order valence-corrected chi connectivity index (χ3v) is 3.76. The van der Waals surface area contributed by atoms with Crippen LogP contribution in [0.25, 0.3) is 10.9 Å². The van der Waals surface area contributed by atoms with Crippen molar-refractivity contribution in [2.24, 2.45) is 5.73 Å². The van der Waals surface area contributed by atoms with Gasteiger partial charge in [-0.1, -0.05) is 48.5 Å². The first-order chi connectivity index (χ1) is 10.2. The fraction of sp³-hybridized carbons (Fsp3) is 0.167. The van der Waals surface area contributed by atoms with E-state index in [4.69, 9.17) is 5.73 Å². The molecule has 2 N–H and O–H groups in total. The molecule has 0 fully saturated rings. The second-order valence-corrected chi connectivity index (χ2v) is 5.33. The lowest BCUT2D eigenvalue weighted by molar-refractivity contribution is 0.0884. The number of benzene rings is 2. The molecule has 2 aromatic carbocycles. The molecule has 1 atom stereocenters. The van der Waals surface area contributed by atoms with Gasteiger partial charge in [0.2, 0.25) is 5.91 Å². The molecule has 3 nitrogen and oxygen atoms in total. The van der Waals surface area contributed by atoms with Gasteiger partial charge >= 0.3 is 0 Å². The Labute approximate surface area is 124 Å². The van der Waals surface area contributed by atoms with E-state index >= 15 is 0 Å². The molecular weight excluding hydrogens is 260 g/mol. The Bertz CT molecular complexity index is 774. The predicted octanol–water partition coefficient (Wildman–Crippen LogP) is 3.16. The van der Waals surface area contributed by atoms with E-state index in [0.29, 0.717) is 6.42 Å². The standard InChI is InChI=1S/C18H18N2O/c1-13-12-20(17-10-6-5-9-15(13)17)18(21)16(19)11-14-7-3-2-4-8-14/h2-10,12,16H,11,19H2,1H3. The Hall–Kier alpha value is -2.39. The summed E-state index contributed by atoms with van der Waals surface area (Å²) < 4.78 is 1.68. The third kappa shape index (κ3) is 2.60. The van der Waals surface area contributed by atoms with E-state index < -0.39 is 6.04 Å². The topological polar surface area (TPSA) is 48.0 Å². The zero-order valence-electron chi connectivity index (χ0n) is 12.0. The molecule has 0 radical (unpaired) electrons. The van der Waals surface area contributed by atoms with E-state index in [1.54, 1.807) is 4.57 Å². The van der Waals surface area contributed by atoms with E-state index in [0.717, 1.165) is 22.0 Å². The van der Waals surface area contributed by atoms with Crippen LogP contribution in [0.3, 0.4) is 0 Å². The monoisotopic (exact) mass is 278 g/mol. The number of carbonyl (C=O) groups is 1. The van der Waals surface area contributed by atoms with Crippen LogP contribution in [0, 0.1) is 6.92 Å². The minimum atomic E-state index is -0.539. The normalized spacial score (nSPS) is 12.5. The average Bonchev–Trinajstić information content (AvgIpc) is 2.85. The second-order valence-electron chi connectivity index (χ2n) is 5.33. The highest BCUT2D eigenvalue weighted by Crippen LogP contribution is 2.20. The number of hydrogen-bond donors (Lipinski definition) is 1. The number of aryl methyl sites for hydroxylation is 1. The molecule has 0 aliphatic rings. The zero-order valence-corrected chi connectivity index (χ0v) is 12.0. The maximum atomic E-state index is 12.6. The van der Waals surface area contributed by atoms with Crippen molar-refractivity contribution in [1.82, 2.24) is 4.57 Å². The molecular formula is C18H18N2O. The second kappa shape index (κ2) is 5.54.